The van der Waals surface area contributed by atoms with Gasteiger partial charge in [-0.25, -0.2) is 4.79 Å². The van der Waals surface area contributed by atoms with Gasteiger partial charge in [0.2, 0.25) is 0 Å². The molecule has 0 aromatic heterocycles. The summed E-state index contributed by atoms with van der Waals surface area (Å²) in [6.45, 7) is 3.70. The maximum Gasteiger partial charge on any atom is 0.326 e. The first kappa shape index (κ1) is 19.4. The number of aliphatic carboxylic acids is 1. The van der Waals surface area contributed by atoms with Crippen LogP contribution < -0.4 is 11.1 Å². The van der Waals surface area contributed by atoms with E-state index in [4.69, 9.17) is 22.4 Å². The Morgan fingerprint density at radius 3 is 2.43 bits per heavy atom. The first-order valence-electron chi connectivity index (χ1n) is 7.42. The van der Waals surface area contributed by atoms with E-state index in [-0.39, 0.29) is 18.8 Å². The number of carboxylic acids is 1. The lowest BCUT2D eigenvalue weighted by Crippen LogP contribution is -2.52. The van der Waals surface area contributed by atoms with Gasteiger partial charge in [0.1, 0.15) is 12.1 Å². The van der Waals surface area contributed by atoms with Gasteiger partial charge in [-0.1, -0.05) is 43.6 Å². The number of aliphatic hydroxyl groups excluding tert-OH is 1. The molecule has 0 spiro atoms. The number of nitrogens with one attached hydrogen (secondary N) is 1. The van der Waals surface area contributed by atoms with Crippen molar-refractivity contribution in [3.8, 4) is 0 Å². The molecule has 0 unspecified atom stereocenters. The van der Waals surface area contributed by atoms with E-state index in [0.29, 0.717) is 10.6 Å². The lowest BCUT2D eigenvalue weighted by atomic mass is 10.00. The first-order valence-corrected chi connectivity index (χ1v) is 7.80. The van der Waals surface area contributed by atoms with Crippen molar-refractivity contribution in [2.24, 2.45) is 11.7 Å². The van der Waals surface area contributed by atoms with Gasteiger partial charge in [0.25, 0.3) is 5.91 Å². The van der Waals surface area contributed by atoms with E-state index < -0.39 is 30.1 Å². The van der Waals surface area contributed by atoms with E-state index >= 15 is 0 Å². The molecule has 1 amide bonds. The van der Waals surface area contributed by atoms with Gasteiger partial charge in [0.15, 0.2) is 0 Å². The van der Waals surface area contributed by atoms with Crippen molar-refractivity contribution in [3.05, 3.63) is 34.9 Å². The predicted octanol–water partition coefficient (Wildman–Crippen LogP) is 1.19. The number of hydrogen-bond donors (Lipinski definition) is 4. The van der Waals surface area contributed by atoms with Crippen molar-refractivity contribution in [2.75, 3.05) is 0 Å². The minimum absolute atomic E-state index is 0.0883. The second-order valence-corrected chi connectivity index (χ2v) is 6.34. The first-order chi connectivity index (χ1) is 10.7. The molecule has 128 valence electrons. The summed E-state index contributed by atoms with van der Waals surface area (Å²) in [7, 11) is 0. The molecule has 1 rings (SSSR count). The quantitative estimate of drug-likeness (QED) is 0.566. The zero-order chi connectivity index (χ0) is 17.6. The molecule has 0 heterocycles. The lowest BCUT2D eigenvalue weighted by molar-refractivity contribution is -0.144. The molecule has 0 saturated heterocycles. The molecule has 0 aliphatic heterocycles. The molecule has 0 aliphatic carbocycles. The molecule has 3 atom stereocenters. The molecule has 6 nitrogen and oxygen atoms in total. The van der Waals surface area contributed by atoms with Gasteiger partial charge < -0.3 is 21.3 Å². The van der Waals surface area contributed by atoms with Crippen LogP contribution in [0, 0.1) is 5.92 Å². The van der Waals surface area contributed by atoms with Crippen molar-refractivity contribution in [1.29, 1.82) is 0 Å². The van der Waals surface area contributed by atoms with Gasteiger partial charge in [-0.05, 0) is 30.4 Å². The van der Waals surface area contributed by atoms with Crippen LogP contribution in [0.25, 0.3) is 0 Å². The van der Waals surface area contributed by atoms with Crippen LogP contribution in [0.3, 0.4) is 0 Å². The van der Waals surface area contributed by atoms with E-state index in [1.54, 1.807) is 24.3 Å². The van der Waals surface area contributed by atoms with Crippen molar-refractivity contribution >= 4 is 23.5 Å². The van der Waals surface area contributed by atoms with Crippen molar-refractivity contribution < 1.29 is 19.8 Å². The second-order valence-electron chi connectivity index (χ2n) is 5.93. The molecule has 0 saturated carbocycles. The third-order valence-corrected chi connectivity index (χ3v) is 3.78. The van der Waals surface area contributed by atoms with Crippen molar-refractivity contribution in [1.82, 2.24) is 5.32 Å². The minimum Gasteiger partial charge on any atom is -0.480 e. The Kier molecular flexibility index (Phi) is 7.48. The fourth-order valence-corrected chi connectivity index (χ4v) is 2.39. The van der Waals surface area contributed by atoms with Crippen molar-refractivity contribution in [3.63, 3.8) is 0 Å². The number of carbonyl (C=O) groups excluding carboxylic acids is 1. The summed E-state index contributed by atoms with van der Waals surface area (Å²) in [6, 6.07) is 5.06. The molecule has 1 aromatic rings. The zero-order valence-electron chi connectivity index (χ0n) is 13.2. The summed E-state index contributed by atoms with van der Waals surface area (Å²) in [6.07, 6.45) is -1.04. The van der Waals surface area contributed by atoms with Crippen LogP contribution in [0.15, 0.2) is 24.3 Å². The number of amides is 1. The number of hydrogen-bond acceptors (Lipinski definition) is 4. The molecular formula is C16H23ClN2O4. The third kappa shape index (κ3) is 6.17. The highest BCUT2D eigenvalue weighted by atomic mass is 35.5. The number of carbonyl (C=O) groups is 2. The third-order valence-electron chi connectivity index (χ3n) is 3.41. The number of aliphatic hydroxyl groups is 1. The van der Waals surface area contributed by atoms with Crippen LogP contribution >= 0.6 is 11.6 Å². The van der Waals surface area contributed by atoms with E-state index in [1.807, 2.05) is 13.8 Å². The molecule has 0 fully saturated rings. The minimum atomic E-state index is -1.51. The van der Waals surface area contributed by atoms with Crippen LogP contribution in [-0.4, -0.2) is 40.3 Å². The van der Waals surface area contributed by atoms with Gasteiger partial charge in [-0.15, -0.1) is 0 Å². The predicted molar refractivity (Wildman–Crippen MR) is 88.2 cm³/mol. The summed E-state index contributed by atoms with van der Waals surface area (Å²) < 4.78 is 0. The van der Waals surface area contributed by atoms with Gasteiger partial charge in [0.05, 0.1) is 0 Å². The molecule has 0 bridgehead atoms. The maximum absolute atomic E-state index is 12.0. The average Bonchev–Trinajstić information content (AvgIpc) is 2.47. The Hall–Kier alpha value is -1.63. The molecule has 23 heavy (non-hydrogen) atoms. The van der Waals surface area contributed by atoms with Crippen LogP contribution in [0.1, 0.15) is 25.8 Å². The second kappa shape index (κ2) is 8.86. The number of benzene rings is 1. The average molecular weight is 343 g/mol. The summed E-state index contributed by atoms with van der Waals surface area (Å²) in [4.78, 5) is 23.2. The summed E-state index contributed by atoms with van der Waals surface area (Å²) >= 11 is 6.02. The topological polar surface area (TPSA) is 113 Å². The Bertz CT molecular complexity index is 551. The normalized spacial score (nSPS) is 15.0. The van der Waals surface area contributed by atoms with Crippen LogP contribution in [0.5, 0.6) is 0 Å². The summed E-state index contributed by atoms with van der Waals surface area (Å²) in [5.41, 5.74) is 6.57. The van der Waals surface area contributed by atoms with Gasteiger partial charge >= 0.3 is 5.97 Å². The van der Waals surface area contributed by atoms with E-state index in [9.17, 15) is 14.7 Å². The zero-order valence-corrected chi connectivity index (χ0v) is 14.0. The van der Waals surface area contributed by atoms with Crippen LogP contribution in [0.2, 0.25) is 5.02 Å². The molecule has 5 N–H and O–H groups in total. The molecule has 1 aromatic carbocycles. The number of nitrogens with two attached hydrogens (primary N) is 1. The van der Waals surface area contributed by atoms with Crippen LogP contribution in [0.4, 0.5) is 0 Å². The van der Waals surface area contributed by atoms with E-state index in [2.05, 4.69) is 5.32 Å². The molecule has 7 heteroatoms. The Balaban J connectivity index is 2.67. The standard InChI is InChI=1S/C16H23ClN2O4/c1-9(2)7-13(16(22)23)19-15(21)14(20)12(18)8-10-5-3-4-6-11(10)17/h3-6,9,12-14,20H,7-8,18H2,1-2H3,(H,19,21)(H,22,23)/t12-,13+,14+/m1/s1. The SMILES string of the molecule is CC(C)C[C@H](NC(=O)[C@@H](O)[C@H](N)Cc1ccccc1Cl)C(=O)O. The largest absolute Gasteiger partial charge is 0.480 e. The lowest BCUT2D eigenvalue weighted by Gasteiger charge is -2.22. The molecular weight excluding hydrogens is 320 g/mol. The maximum atomic E-state index is 12.0. The highest BCUT2D eigenvalue weighted by Gasteiger charge is 2.28. The number of carboxylic acid groups (broad SMARTS) is 1. The van der Waals surface area contributed by atoms with E-state index in [1.165, 1.54) is 0 Å². The smallest absolute Gasteiger partial charge is 0.326 e. The Labute approximate surface area is 140 Å². The van der Waals surface area contributed by atoms with Gasteiger partial charge in [0, 0.05) is 11.1 Å². The number of rotatable bonds is 8. The molecule has 0 aliphatic rings. The summed E-state index contributed by atoms with van der Waals surface area (Å²) in [5.74, 6) is -1.85. The fourth-order valence-electron chi connectivity index (χ4n) is 2.17. The van der Waals surface area contributed by atoms with Gasteiger partial charge in [-0.3, -0.25) is 4.79 Å². The molecule has 0 radical (unpaired) electrons. The van der Waals surface area contributed by atoms with Crippen LogP contribution in [-0.2, 0) is 16.0 Å². The summed E-state index contributed by atoms with van der Waals surface area (Å²) in [5, 5.41) is 22.0. The highest BCUT2D eigenvalue weighted by Crippen LogP contribution is 2.17. The highest BCUT2D eigenvalue weighted by molar-refractivity contribution is 6.31. The fraction of sp³-hybridized carbons (Fsp3) is 0.500. The number of halogens is 1. The monoisotopic (exact) mass is 342 g/mol. The Morgan fingerprint density at radius 2 is 1.91 bits per heavy atom. The van der Waals surface area contributed by atoms with E-state index in [0.717, 1.165) is 0 Å². The van der Waals surface area contributed by atoms with Gasteiger partial charge in [-0.2, -0.15) is 0 Å². The Morgan fingerprint density at radius 1 is 1.30 bits per heavy atom. The van der Waals surface area contributed by atoms with Crippen molar-refractivity contribution in [2.45, 2.75) is 44.9 Å².